The van der Waals surface area contributed by atoms with E-state index >= 15 is 0 Å². The summed E-state index contributed by atoms with van der Waals surface area (Å²) in [7, 11) is 0. The van der Waals surface area contributed by atoms with Crippen molar-refractivity contribution < 1.29 is 13.9 Å². The van der Waals surface area contributed by atoms with Crippen LogP contribution < -0.4 is 15.4 Å². The number of para-hydroxylation sites is 1. The van der Waals surface area contributed by atoms with E-state index in [-0.39, 0.29) is 11.7 Å². The van der Waals surface area contributed by atoms with E-state index in [2.05, 4.69) is 25.8 Å². The topological polar surface area (TPSA) is 89.0 Å². The number of hydrogen-bond donors (Lipinski definition) is 2. The molecule has 2 aliphatic rings. The van der Waals surface area contributed by atoms with Crippen molar-refractivity contribution in [3.8, 4) is 17.1 Å². The van der Waals surface area contributed by atoms with E-state index in [0.717, 1.165) is 0 Å². The predicted molar refractivity (Wildman–Crippen MR) is 127 cm³/mol. The summed E-state index contributed by atoms with van der Waals surface area (Å²) in [5, 5.41) is 15.4. The van der Waals surface area contributed by atoms with Crippen LogP contribution in [0, 0.1) is 5.82 Å². The minimum Gasteiger partial charge on any atom is -0.435 e. The Labute approximate surface area is 202 Å². The molecule has 1 amide bonds. The normalized spacial score (nSPS) is 17.6. The number of aromatic nitrogens is 3. The number of carbonyl (C=O) groups is 1. The zero-order valence-corrected chi connectivity index (χ0v) is 19.0. The van der Waals surface area contributed by atoms with Crippen molar-refractivity contribution in [3.05, 3.63) is 88.7 Å². The van der Waals surface area contributed by atoms with Crippen LogP contribution in [0.2, 0.25) is 5.02 Å². The Morgan fingerprint density at radius 2 is 1.85 bits per heavy atom. The van der Waals surface area contributed by atoms with Crippen LogP contribution in [0.4, 0.5) is 15.8 Å². The number of thioether (sulfide) groups is 1. The highest BCUT2D eigenvalue weighted by Gasteiger charge is 2.52. The van der Waals surface area contributed by atoms with E-state index in [1.54, 1.807) is 36.4 Å². The first-order chi connectivity index (χ1) is 16.5. The largest absolute Gasteiger partial charge is 0.435 e. The van der Waals surface area contributed by atoms with Gasteiger partial charge in [-0.2, -0.15) is 4.98 Å². The van der Waals surface area contributed by atoms with Gasteiger partial charge in [-0.05, 0) is 35.9 Å². The van der Waals surface area contributed by atoms with Crippen molar-refractivity contribution in [2.75, 3.05) is 10.6 Å². The number of ether oxygens (including phenoxy) is 1. The molecule has 168 valence electrons. The van der Waals surface area contributed by atoms with Gasteiger partial charge in [0.25, 0.3) is 11.6 Å². The maximum atomic E-state index is 14.0. The van der Waals surface area contributed by atoms with E-state index in [1.165, 1.54) is 17.8 Å². The fraction of sp³-hybridized carbons (Fsp3) is 0.0833. The lowest BCUT2D eigenvalue weighted by Gasteiger charge is -2.28. The number of benzene rings is 3. The molecule has 0 bridgehead atoms. The molecule has 0 radical (unpaired) electrons. The zero-order valence-electron chi connectivity index (χ0n) is 17.4. The average Bonchev–Trinajstić information content (AvgIpc) is 3.00. The SMILES string of the molecule is O=C1Nc2ccc(Cl)cc2[C@]12Nc1ccccc1-c1nnc(SCc3ccccc3F)nc1O2. The Hall–Kier alpha value is -3.69. The Morgan fingerprint density at radius 1 is 1.03 bits per heavy atom. The third-order valence-electron chi connectivity index (χ3n) is 5.62. The second-order valence-corrected chi connectivity index (χ2v) is 9.11. The molecule has 2 aliphatic heterocycles. The highest BCUT2D eigenvalue weighted by Crippen LogP contribution is 2.47. The van der Waals surface area contributed by atoms with Gasteiger partial charge in [0, 0.05) is 22.0 Å². The zero-order chi connectivity index (χ0) is 23.3. The average molecular weight is 492 g/mol. The van der Waals surface area contributed by atoms with Gasteiger partial charge in [0.15, 0.2) is 5.69 Å². The summed E-state index contributed by atoms with van der Waals surface area (Å²) in [4.78, 5) is 17.8. The van der Waals surface area contributed by atoms with Gasteiger partial charge in [-0.25, -0.2) is 4.39 Å². The van der Waals surface area contributed by atoms with Crippen LogP contribution in [-0.4, -0.2) is 21.1 Å². The van der Waals surface area contributed by atoms with Gasteiger partial charge in [0.2, 0.25) is 11.0 Å². The van der Waals surface area contributed by atoms with Crippen molar-refractivity contribution in [1.29, 1.82) is 0 Å². The molecule has 7 nitrogen and oxygen atoms in total. The lowest BCUT2D eigenvalue weighted by Crippen LogP contribution is -2.47. The molecular weight excluding hydrogens is 477 g/mol. The molecule has 0 saturated carbocycles. The van der Waals surface area contributed by atoms with Gasteiger partial charge in [-0.1, -0.05) is 59.8 Å². The van der Waals surface area contributed by atoms with Crippen molar-refractivity contribution in [2.45, 2.75) is 16.6 Å². The van der Waals surface area contributed by atoms with Gasteiger partial charge in [0.05, 0.1) is 11.3 Å². The van der Waals surface area contributed by atoms with Gasteiger partial charge in [0.1, 0.15) is 5.82 Å². The highest BCUT2D eigenvalue weighted by atomic mass is 35.5. The van der Waals surface area contributed by atoms with E-state index in [1.807, 2.05) is 24.3 Å². The fourth-order valence-corrected chi connectivity index (χ4v) is 4.93. The summed E-state index contributed by atoms with van der Waals surface area (Å²) in [6.07, 6.45) is 0. The summed E-state index contributed by atoms with van der Waals surface area (Å²) < 4.78 is 20.4. The monoisotopic (exact) mass is 491 g/mol. The summed E-state index contributed by atoms with van der Waals surface area (Å²) in [6, 6.07) is 19.0. The van der Waals surface area contributed by atoms with Crippen LogP contribution in [0.15, 0.2) is 71.9 Å². The number of amides is 1. The van der Waals surface area contributed by atoms with Gasteiger partial charge in [-0.3, -0.25) is 4.79 Å². The van der Waals surface area contributed by atoms with E-state index in [0.29, 0.717) is 49.7 Å². The minimum atomic E-state index is -1.61. The van der Waals surface area contributed by atoms with Crippen molar-refractivity contribution in [2.24, 2.45) is 0 Å². The molecule has 10 heteroatoms. The molecule has 0 fully saturated rings. The molecule has 3 aromatic carbocycles. The summed E-state index contributed by atoms with van der Waals surface area (Å²) >= 11 is 7.48. The lowest BCUT2D eigenvalue weighted by atomic mass is 10.0. The minimum absolute atomic E-state index is 0.131. The first-order valence-electron chi connectivity index (χ1n) is 10.3. The standard InChI is InChI=1S/C24H15ClFN5O2S/c25-14-9-10-19-16(11-14)24(22(32)27-19)29-18-8-4-2-6-15(18)20-21(33-24)28-23(31-30-20)34-12-13-5-1-3-7-17(13)26/h1-11,29H,12H2,(H,27,32)/t24-/m1/s1. The molecule has 2 N–H and O–H groups in total. The van der Waals surface area contributed by atoms with Gasteiger partial charge in [-0.15, -0.1) is 10.2 Å². The second-order valence-electron chi connectivity index (χ2n) is 7.73. The van der Waals surface area contributed by atoms with Crippen LogP contribution >= 0.6 is 23.4 Å². The first kappa shape index (κ1) is 20.9. The summed E-state index contributed by atoms with van der Waals surface area (Å²) in [6.45, 7) is 0. The van der Waals surface area contributed by atoms with E-state index in [9.17, 15) is 9.18 Å². The number of nitrogens with zero attached hydrogens (tertiary/aromatic N) is 3. The highest BCUT2D eigenvalue weighted by molar-refractivity contribution is 7.98. The molecule has 0 aliphatic carbocycles. The first-order valence-corrected chi connectivity index (χ1v) is 11.7. The fourth-order valence-electron chi connectivity index (χ4n) is 3.99. The van der Waals surface area contributed by atoms with Crippen LogP contribution in [0.3, 0.4) is 0 Å². The number of nitrogens with one attached hydrogen (secondary N) is 2. The summed E-state index contributed by atoms with van der Waals surface area (Å²) in [5.41, 5.74) is 1.74. The van der Waals surface area contributed by atoms with E-state index in [4.69, 9.17) is 16.3 Å². The number of anilines is 2. The summed E-state index contributed by atoms with van der Waals surface area (Å²) in [5.74, 6) is -0.272. The number of hydrogen-bond acceptors (Lipinski definition) is 7. The molecule has 3 heterocycles. The van der Waals surface area contributed by atoms with Crippen LogP contribution in [-0.2, 0) is 16.3 Å². The Morgan fingerprint density at radius 3 is 2.74 bits per heavy atom. The Bertz CT molecular complexity index is 1470. The third-order valence-corrected chi connectivity index (χ3v) is 6.74. The second kappa shape index (κ2) is 7.96. The van der Waals surface area contributed by atoms with Crippen LogP contribution in [0.1, 0.15) is 11.1 Å². The molecule has 34 heavy (non-hydrogen) atoms. The van der Waals surface area contributed by atoms with Gasteiger partial charge < -0.3 is 15.4 Å². The lowest BCUT2D eigenvalue weighted by molar-refractivity contribution is -0.128. The molecule has 6 rings (SSSR count). The molecule has 4 aromatic rings. The van der Waals surface area contributed by atoms with Crippen molar-refractivity contribution in [1.82, 2.24) is 15.2 Å². The Balaban J connectivity index is 1.45. The third kappa shape index (κ3) is 3.36. The molecule has 0 saturated heterocycles. The number of rotatable bonds is 3. The number of halogens is 2. The predicted octanol–water partition coefficient (Wildman–Crippen LogP) is 5.23. The maximum absolute atomic E-state index is 14.0. The molecule has 1 aromatic heterocycles. The Kier molecular flexibility index (Phi) is 4.89. The van der Waals surface area contributed by atoms with E-state index < -0.39 is 11.6 Å². The van der Waals surface area contributed by atoms with Crippen molar-refractivity contribution in [3.63, 3.8) is 0 Å². The quantitative estimate of drug-likeness (QED) is 0.379. The number of carbonyl (C=O) groups excluding carboxylic acids is 1. The van der Waals surface area contributed by atoms with Crippen LogP contribution in [0.5, 0.6) is 5.88 Å². The molecular formula is C24H15ClFN5O2S. The number of fused-ring (bicyclic) bond motifs is 5. The maximum Gasteiger partial charge on any atom is 0.295 e. The molecule has 0 unspecified atom stereocenters. The van der Waals surface area contributed by atoms with Crippen molar-refractivity contribution >= 4 is 40.6 Å². The van der Waals surface area contributed by atoms with Crippen LogP contribution in [0.25, 0.3) is 11.3 Å². The molecule has 1 spiro atoms. The van der Waals surface area contributed by atoms with Gasteiger partial charge >= 0.3 is 0 Å². The molecule has 1 atom stereocenters. The smallest absolute Gasteiger partial charge is 0.295 e.